The molecule has 8 nitrogen and oxygen atoms in total. The summed E-state index contributed by atoms with van der Waals surface area (Å²) in [5, 5.41) is 12.3. The van der Waals surface area contributed by atoms with Gasteiger partial charge in [-0.15, -0.1) is 10.2 Å². The molecule has 8 heteroatoms. The zero-order valence-corrected chi connectivity index (χ0v) is 15.1. The van der Waals surface area contributed by atoms with Crippen LogP contribution in [0.3, 0.4) is 0 Å². The summed E-state index contributed by atoms with van der Waals surface area (Å²) >= 11 is 0. The first-order chi connectivity index (χ1) is 13.0. The normalized spacial score (nSPS) is 11.2. The number of carbonyl (C=O) groups excluding carboxylic acids is 1. The van der Waals surface area contributed by atoms with Crippen LogP contribution >= 0.6 is 0 Å². The van der Waals surface area contributed by atoms with E-state index in [0.29, 0.717) is 5.52 Å². The van der Waals surface area contributed by atoms with Gasteiger partial charge in [0, 0.05) is 6.20 Å². The van der Waals surface area contributed by atoms with E-state index < -0.39 is 5.97 Å². The van der Waals surface area contributed by atoms with Crippen molar-refractivity contribution in [3.63, 3.8) is 0 Å². The fourth-order valence-corrected chi connectivity index (χ4v) is 3.11. The Balaban J connectivity index is 1.93. The standard InChI is InChI=1S/C19H17N5O3/c1-4-27-19(26)13-10-20-24-15-7-8-23(14-6-5-11(2)9-12(14)3)18(25)16(15)21-22-17(13)24/h5-10H,4H2,1-3H3. The number of hydrogen-bond acceptors (Lipinski definition) is 6. The van der Waals surface area contributed by atoms with Crippen molar-refractivity contribution in [3.05, 3.63) is 63.7 Å². The number of aryl methyl sites for hydroxylation is 2. The van der Waals surface area contributed by atoms with Gasteiger partial charge < -0.3 is 4.74 Å². The van der Waals surface area contributed by atoms with E-state index in [2.05, 4.69) is 15.3 Å². The molecule has 3 heterocycles. The number of rotatable bonds is 3. The lowest BCUT2D eigenvalue weighted by atomic mass is 10.1. The van der Waals surface area contributed by atoms with E-state index in [1.54, 1.807) is 19.2 Å². The molecular weight excluding hydrogens is 346 g/mol. The van der Waals surface area contributed by atoms with Crippen LogP contribution in [0.15, 0.2) is 41.5 Å². The first-order valence-electron chi connectivity index (χ1n) is 8.51. The van der Waals surface area contributed by atoms with E-state index in [0.717, 1.165) is 16.8 Å². The highest BCUT2D eigenvalue weighted by molar-refractivity contribution is 5.96. The van der Waals surface area contributed by atoms with E-state index >= 15 is 0 Å². The number of ether oxygens (including phenoxy) is 1. The topological polar surface area (TPSA) is 91.4 Å². The van der Waals surface area contributed by atoms with Crippen LogP contribution < -0.4 is 5.56 Å². The number of nitrogens with zero attached hydrogens (tertiary/aromatic N) is 5. The highest BCUT2D eigenvalue weighted by atomic mass is 16.5. The number of benzene rings is 1. The number of carbonyl (C=O) groups is 1. The summed E-state index contributed by atoms with van der Waals surface area (Å²) in [5.41, 5.74) is 3.69. The van der Waals surface area contributed by atoms with Crippen molar-refractivity contribution < 1.29 is 9.53 Å². The third kappa shape index (κ3) is 2.66. The van der Waals surface area contributed by atoms with Crippen molar-refractivity contribution in [1.29, 1.82) is 0 Å². The molecule has 4 aromatic rings. The van der Waals surface area contributed by atoms with Crippen LogP contribution in [0.1, 0.15) is 28.4 Å². The maximum atomic E-state index is 13.0. The van der Waals surface area contributed by atoms with Crippen LogP contribution in [0, 0.1) is 13.8 Å². The van der Waals surface area contributed by atoms with Gasteiger partial charge in [0.2, 0.25) is 0 Å². The lowest BCUT2D eigenvalue weighted by molar-refractivity contribution is 0.0528. The van der Waals surface area contributed by atoms with Gasteiger partial charge in [-0.1, -0.05) is 17.7 Å². The van der Waals surface area contributed by atoms with Crippen LogP contribution in [0.2, 0.25) is 0 Å². The highest BCUT2D eigenvalue weighted by Gasteiger charge is 2.19. The number of fused-ring (bicyclic) bond motifs is 3. The number of esters is 1. The first kappa shape index (κ1) is 16.9. The molecule has 27 heavy (non-hydrogen) atoms. The largest absolute Gasteiger partial charge is 0.462 e. The van der Waals surface area contributed by atoms with E-state index in [9.17, 15) is 9.59 Å². The molecule has 0 bridgehead atoms. The van der Waals surface area contributed by atoms with E-state index in [1.807, 2.05) is 32.0 Å². The molecule has 0 saturated heterocycles. The molecule has 0 spiro atoms. The SMILES string of the molecule is CCOC(=O)c1cnn2c1nnc1c(=O)n(-c3ccc(C)cc3C)ccc12. The van der Waals surface area contributed by atoms with Crippen LogP contribution in [-0.2, 0) is 4.74 Å². The summed E-state index contributed by atoms with van der Waals surface area (Å²) in [7, 11) is 0. The van der Waals surface area contributed by atoms with Gasteiger partial charge in [0.1, 0.15) is 11.1 Å². The van der Waals surface area contributed by atoms with Crippen LogP contribution in [0.5, 0.6) is 0 Å². The average Bonchev–Trinajstić information content (AvgIpc) is 3.07. The first-order valence-corrected chi connectivity index (χ1v) is 8.51. The molecule has 0 amide bonds. The smallest absolute Gasteiger partial charge is 0.343 e. The zero-order valence-electron chi connectivity index (χ0n) is 15.1. The molecule has 1 aromatic carbocycles. The lowest BCUT2D eigenvalue weighted by Crippen LogP contribution is -2.21. The molecule has 0 fully saturated rings. The van der Waals surface area contributed by atoms with Gasteiger partial charge in [-0.2, -0.15) is 5.10 Å². The Morgan fingerprint density at radius 3 is 2.74 bits per heavy atom. The summed E-state index contributed by atoms with van der Waals surface area (Å²) in [4.78, 5) is 25.0. The van der Waals surface area contributed by atoms with Crippen molar-refractivity contribution in [2.45, 2.75) is 20.8 Å². The van der Waals surface area contributed by atoms with E-state index in [1.165, 1.54) is 15.3 Å². The summed E-state index contributed by atoms with van der Waals surface area (Å²) < 4.78 is 7.97. The minimum Gasteiger partial charge on any atom is -0.462 e. The quantitative estimate of drug-likeness (QED) is 0.518. The maximum Gasteiger partial charge on any atom is 0.343 e. The second kappa shape index (κ2) is 6.31. The van der Waals surface area contributed by atoms with Gasteiger partial charge in [-0.3, -0.25) is 9.36 Å². The minimum atomic E-state index is -0.523. The van der Waals surface area contributed by atoms with Gasteiger partial charge in [-0.05, 0) is 38.5 Å². The predicted octanol–water partition coefficient (Wildman–Crippen LogP) is 2.22. The Morgan fingerprint density at radius 1 is 1.19 bits per heavy atom. The molecule has 0 N–H and O–H groups in total. The van der Waals surface area contributed by atoms with Crippen LogP contribution in [0.4, 0.5) is 0 Å². The van der Waals surface area contributed by atoms with Gasteiger partial charge in [0.25, 0.3) is 5.56 Å². The molecule has 0 unspecified atom stereocenters. The predicted molar refractivity (Wildman–Crippen MR) is 99.3 cm³/mol. The highest BCUT2D eigenvalue weighted by Crippen LogP contribution is 2.17. The Bertz CT molecular complexity index is 1260. The van der Waals surface area contributed by atoms with Crippen molar-refractivity contribution >= 4 is 22.6 Å². The molecule has 136 valence electrons. The zero-order chi connectivity index (χ0) is 19.1. The lowest BCUT2D eigenvalue weighted by Gasteiger charge is -2.11. The molecule has 0 aliphatic carbocycles. The molecule has 3 aromatic heterocycles. The van der Waals surface area contributed by atoms with Crippen LogP contribution in [0.25, 0.3) is 22.4 Å². The van der Waals surface area contributed by atoms with Crippen molar-refractivity contribution in [2.24, 2.45) is 0 Å². The molecule has 0 radical (unpaired) electrons. The molecular formula is C19H17N5O3. The fraction of sp³-hybridized carbons (Fsp3) is 0.211. The fourth-order valence-electron chi connectivity index (χ4n) is 3.11. The second-order valence-corrected chi connectivity index (χ2v) is 6.23. The average molecular weight is 363 g/mol. The maximum absolute atomic E-state index is 13.0. The number of pyridine rings is 1. The van der Waals surface area contributed by atoms with Crippen LogP contribution in [-0.4, -0.2) is 37.0 Å². The van der Waals surface area contributed by atoms with E-state index in [4.69, 9.17) is 4.74 Å². The number of aromatic nitrogens is 5. The summed E-state index contributed by atoms with van der Waals surface area (Å²) in [6, 6.07) is 7.60. The molecule has 4 rings (SSSR count). The molecule has 0 atom stereocenters. The second-order valence-electron chi connectivity index (χ2n) is 6.23. The molecule has 0 saturated carbocycles. The van der Waals surface area contributed by atoms with Gasteiger partial charge >= 0.3 is 5.97 Å². The number of hydrogen-bond donors (Lipinski definition) is 0. The summed E-state index contributed by atoms with van der Waals surface area (Å²) in [6.07, 6.45) is 3.05. The third-order valence-electron chi connectivity index (χ3n) is 4.37. The Hall–Kier alpha value is -3.55. The molecule has 0 aliphatic heterocycles. The van der Waals surface area contributed by atoms with Gasteiger partial charge in [0.15, 0.2) is 11.2 Å². The molecule has 0 aliphatic rings. The minimum absolute atomic E-state index is 0.170. The van der Waals surface area contributed by atoms with Crippen molar-refractivity contribution in [1.82, 2.24) is 24.4 Å². The van der Waals surface area contributed by atoms with E-state index in [-0.39, 0.29) is 28.9 Å². The Morgan fingerprint density at radius 2 is 2.00 bits per heavy atom. The summed E-state index contributed by atoms with van der Waals surface area (Å²) in [6.45, 7) is 5.92. The third-order valence-corrected chi connectivity index (χ3v) is 4.37. The monoisotopic (exact) mass is 363 g/mol. The van der Waals surface area contributed by atoms with Gasteiger partial charge in [-0.25, -0.2) is 9.31 Å². The Labute approximate surface area is 154 Å². The van der Waals surface area contributed by atoms with Crippen molar-refractivity contribution in [3.8, 4) is 5.69 Å². The van der Waals surface area contributed by atoms with Crippen molar-refractivity contribution in [2.75, 3.05) is 6.61 Å². The summed E-state index contributed by atoms with van der Waals surface area (Å²) in [5.74, 6) is -0.523. The Kier molecular flexibility index (Phi) is 3.95. The van der Waals surface area contributed by atoms with Gasteiger partial charge in [0.05, 0.1) is 18.5 Å².